The van der Waals surface area contributed by atoms with E-state index in [-0.39, 0.29) is 6.04 Å². The molecule has 3 nitrogen and oxygen atoms in total. The number of nitrogens with zero attached hydrogens (tertiary/aromatic N) is 1. The van der Waals surface area contributed by atoms with Crippen LogP contribution < -0.4 is 11.3 Å². The van der Waals surface area contributed by atoms with Crippen LogP contribution in [-0.2, 0) is 0 Å². The molecule has 82 valence electrons. The van der Waals surface area contributed by atoms with Crippen molar-refractivity contribution in [2.24, 2.45) is 5.84 Å². The second-order valence-corrected chi connectivity index (χ2v) is 3.70. The number of hydrazine groups is 1. The third-order valence-electron chi connectivity index (χ3n) is 2.40. The molecule has 1 unspecified atom stereocenters. The Bertz CT molecular complexity index is 309. The fourth-order valence-corrected chi connectivity index (χ4v) is 1.53. The second-order valence-electron chi connectivity index (χ2n) is 3.70. The number of nitrogens with two attached hydrogens (primary N) is 1. The van der Waals surface area contributed by atoms with Crippen molar-refractivity contribution in [2.45, 2.75) is 32.2 Å². The molecule has 1 rings (SSSR count). The minimum atomic E-state index is 0.143. The van der Waals surface area contributed by atoms with Gasteiger partial charge in [0.25, 0.3) is 0 Å². The lowest BCUT2D eigenvalue weighted by atomic mass is 10.1. The minimum Gasteiger partial charge on any atom is -0.271 e. The topological polar surface area (TPSA) is 50.9 Å². The first kappa shape index (κ1) is 11.9. The van der Waals surface area contributed by atoms with E-state index in [0.717, 1.165) is 25.0 Å². The van der Waals surface area contributed by atoms with Crippen LogP contribution in [-0.4, -0.2) is 4.98 Å². The summed E-state index contributed by atoms with van der Waals surface area (Å²) in [7, 11) is 0. The highest BCUT2D eigenvalue weighted by atomic mass is 15.2. The highest BCUT2D eigenvalue weighted by Gasteiger charge is 2.09. The van der Waals surface area contributed by atoms with Gasteiger partial charge in [-0.15, -0.1) is 6.58 Å². The third-order valence-corrected chi connectivity index (χ3v) is 2.40. The van der Waals surface area contributed by atoms with E-state index < -0.39 is 0 Å². The van der Waals surface area contributed by atoms with Gasteiger partial charge in [-0.3, -0.25) is 16.3 Å². The number of aryl methyl sites for hydroxylation is 1. The van der Waals surface area contributed by atoms with Crippen molar-refractivity contribution in [3.63, 3.8) is 0 Å². The second kappa shape index (κ2) is 6.32. The molecular weight excluding hydrogens is 186 g/mol. The number of hydrogen-bond acceptors (Lipinski definition) is 3. The van der Waals surface area contributed by atoms with Crippen LogP contribution >= 0.6 is 0 Å². The molecule has 0 saturated carbocycles. The van der Waals surface area contributed by atoms with Gasteiger partial charge < -0.3 is 0 Å². The van der Waals surface area contributed by atoms with Gasteiger partial charge in [-0.2, -0.15) is 0 Å². The van der Waals surface area contributed by atoms with Gasteiger partial charge in [-0.1, -0.05) is 6.08 Å². The van der Waals surface area contributed by atoms with Crippen molar-refractivity contribution in [3.8, 4) is 0 Å². The number of pyridine rings is 1. The van der Waals surface area contributed by atoms with Crippen molar-refractivity contribution in [1.82, 2.24) is 10.4 Å². The maximum Gasteiger partial charge on any atom is 0.0632 e. The van der Waals surface area contributed by atoms with Crippen molar-refractivity contribution in [3.05, 3.63) is 42.2 Å². The molecule has 0 aromatic carbocycles. The Labute approximate surface area is 91.4 Å². The van der Waals surface area contributed by atoms with Gasteiger partial charge in [-0.25, -0.2) is 0 Å². The zero-order chi connectivity index (χ0) is 11.1. The zero-order valence-electron chi connectivity index (χ0n) is 9.24. The Kier molecular flexibility index (Phi) is 5.01. The number of hydrogen-bond donors (Lipinski definition) is 2. The number of rotatable bonds is 6. The summed E-state index contributed by atoms with van der Waals surface area (Å²) >= 11 is 0. The first-order valence-corrected chi connectivity index (χ1v) is 5.27. The number of aromatic nitrogens is 1. The predicted molar refractivity (Wildman–Crippen MR) is 63.1 cm³/mol. The van der Waals surface area contributed by atoms with Crippen LogP contribution in [0.4, 0.5) is 0 Å². The molecule has 0 fully saturated rings. The van der Waals surface area contributed by atoms with Crippen LogP contribution in [0.1, 0.15) is 36.6 Å². The summed E-state index contributed by atoms with van der Waals surface area (Å²) in [5.41, 5.74) is 5.04. The lowest BCUT2D eigenvalue weighted by molar-refractivity contribution is 0.490. The Morgan fingerprint density at radius 2 is 2.47 bits per heavy atom. The molecule has 0 aliphatic heterocycles. The van der Waals surface area contributed by atoms with Crippen LogP contribution in [0.5, 0.6) is 0 Å². The van der Waals surface area contributed by atoms with Crippen LogP contribution in [0.2, 0.25) is 0 Å². The van der Waals surface area contributed by atoms with Gasteiger partial charge in [0.05, 0.1) is 11.7 Å². The average Bonchev–Trinajstić information content (AvgIpc) is 2.24. The molecule has 0 amide bonds. The lowest BCUT2D eigenvalue weighted by Crippen LogP contribution is -2.28. The quantitative estimate of drug-likeness (QED) is 0.324. The molecule has 1 aromatic heterocycles. The van der Waals surface area contributed by atoms with E-state index in [1.807, 2.05) is 18.3 Å². The molecule has 0 aliphatic carbocycles. The Balaban J connectivity index is 2.61. The van der Waals surface area contributed by atoms with Crippen molar-refractivity contribution < 1.29 is 0 Å². The van der Waals surface area contributed by atoms with E-state index in [4.69, 9.17) is 5.84 Å². The third kappa shape index (κ3) is 3.81. The largest absolute Gasteiger partial charge is 0.271 e. The van der Waals surface area contributed by atoms with E-state index in [9.17, 15) is 0 Å². The smallest absolute Gasteiger partial charge is 0.0632 e. The maximum atomic E-state index is 5.52. The van der Waals surface area contributed by atoms with E-state index in [1.54, 1.807) is 0 Å². The summed E-state index contributed by atoms with van der Waals surface area (Å²) < 4.78 is 0. The molecule has 0 spiro atoms. The summed E-state index contributed by atoms with van der Waals surface area (Å²) in [6.45, 7) is 5.76. The number of unbranched alkanes of at least 4 members (excludes halogenated alkanes) is 1. The van der Waals surface area contributed by atoms with E-state index >= 15 is 0 Å². The molecule has 1 atom stereocenters. The summed E-state index contributed by atoms with van der Waals surface area (Å²) in [5.74, 6) is 5.52. The van der Waals surface area contributed by atoms with Gasteiger partial charge in [0.2, 0.25) is 0 Å². The predicted octanol–water partition coefficient (Wildman–Crippen LogP) is 2.25. The van der Waals surface area contributed by atoms with Gasteiger partial charge in [0.1, 0.15) is 0 Å². The Morgan fingerprint density at radius 3 is 3.07 bits per heavy atom. The SMILES string of the molecule is C=CCCCC(NN)c1cc(C)ccn1. The van der Waals surface area contributed by atoms with Crippen molar-refractivity contribution in [2.75, 3.05) is 0 Å². The normalized spacial score (nSPS) is 12.4. The summed E-state index contributed by atoms with van der Waals surface area (Å²) in [5, 5.41) is 0. The average molecular weight is 205 g/mol. The number of allylic oxidation sites excluding steroid dienone is 1. The minimum absolute atomic E-state index is 0.143. The van der Waals surface area contributed by atoms with Gasteiger partial charge in [0.15, 0.2) is 0 Å². The highest BCUT2D eigenvalue weighted by Crippen LogP contribution is 2.17. The lowest BCUT2D eigenvalue weighted by Gasteiger charge is -2.15. The van der Waals surface area contributed by atoms with Crippen LogP contribution in [0, 0.1) is 6.92 Å². The molecule has 15 heavy (non-hydrogen) atoms. The summed E-state index contributed by atoms with van der Waals surface area (Å²) in [6, 6.07) is 4.20. The Hall–Kier alpha value is -1.19. The molecule has 0 aliphatic rings. The molecule has 0 saturated heterocycles. The van der Waals surface area contributed by atoms with E-state index in [2.05, 4.69) is 30.0 Å². The first-order valence-electron chi connectivity index (χ1n) is 5.27. The fraction of sp³-hybridized carbons (Fsp3) is 0.417. The Morgan fingerprint density at radius 1 is 1.67 bits per heavy atom. The van der Waals surface area contributed by atoms with E-state index in [0.29, 0.717) is 0 Å². The molecule has 1 aromatic rings. The maximum absolute atomic E-state index is 5.52. The monoisotopic (exact) mass is 205 g/mol. The van der Waals surface area contributed by atoms with Crippen LogP contribution in [0.15, 0.2) is 31.0 Å². The van der Waals surface area contributed by atoms with E-state index in [1.165, 1.54) is 5.56 Å². The molecular formula is C12H19N3. The first-order chi connectivity index (χ1) is 7.27. The van der Waals surface area contributed by atoms with Gasteiger partial charge >= 0.3 is 0 Å². The van der Waals surface area contributed by atoms with Crippen molar-refractivity contribution in [1.29, 1.82) is 0 Å². The summed E-state index contributed by atoms with van der Waals surface area (Å²) in [6.07, 6.45) is 6.83. The summed E-state index contributed by atoms with van der Waals surface area (Å²) in [4.78, 5) is 4.32. The number of nitrogens with one attached hydrogen (secondary N) is 1. The highest BCUT2D eigenvalue weighted by molar-refractivity contribution is 5.17. The molecule has 1 heterocycles. The van der Waals surface area contributed by atoms with Gasteiger partial charge in [-0.05, 0) is 43.9 Å². The van der Waals surface area contributed by atoms with Crippen LogP contribution in [0.25, 0.3) is 0 Å². The fourth-order valence-electron chi connectivity index (χ4n) is 1.53. The van der Waals surface area contributed by atoms with Crippen molar-refractivity contribution >= 4 is 0 Å². The molecule has 0 radical (unpaired) electrons. The van der Waals surface area contributed by atoms with Crippen LogP contribution in [0.3, 0.4) is 0 Å². The zero-order valence-corrected chi connectivity index (χ0v) is 9.24. The molecule has 3 N–H and O–H groups in total. The van der Waals surface area contributed by atoms with Gasteiger partial charge in [0, 0.05) is 6.20 Å². The standard InChI is InChI=1S/C12H19N3/c1-3-4-5-6-11(15-13)12-9-10(2)7-8-14-12/h3,7-9,11,15H,1,4-6,13H2,2H3. The molecule has 0 bridgehead atoms. The molecule has 3 heteroatoms.